The Balaban J connectivity index is 1.90. The van der Waals surface area contributed by atoms with Gasteiger partial charge < -0.3 is 5.32 Å². The van der Waals surface area contributed by atoms with Gasteiger partial charge in [-0.2, -0.15) is 22.8 Å². The van der Waals surface area contributed by atoms with Gasteiger partial charge in [0.25, 0.3) is 0 Å². The van der Waals surface area contributed by atoms with Crippen LogP contribution in [0, 0.1) is 6.92 Å². The summed E-state index contributed by atoms with van der Waals surface area (Å²) in [6.07, 6.45) is -2.89. The molecule has 0 aliphatic carbocycles. The lowest BCUT2D eigenvalue weighted by molar-refractivity contribution is -0.141. The van der Waals surface area contributed by atoms with Crippen molar-refractivity contribution in [3.8, 4) is 0 Å². The van der Waals surface area contributed by atoms with Gasteiger partial charge in [-0.05, 0) is 18.9 Å². The highest BCUT2D eigenvalue weighted by Crippen LogP contribution is 2.28. The third kappa shape index (κ3) is 3.70. The second kappa shape index (κ2) is 6.30. The highest BCUT2D eigenvalue weighted by molar-refractivity contribution is 5.49. The van der Waals surface area contributed by atoms with E-state index >= 15 is 0 Å². The van der Waals surface area contributed by atoms with E-state index in [1.54, 1.807) is 16.8 Å². The van der Waals surface area contributed by atoms with Gasteiger partial charge in [-0.1, -0.05) is 13.8 Å². The normalized spacial score (nSPS) is 12.1. The van der Waals surface area contributed by atoms with Gasteiger partial charge in [-0.3, -0.25) is 0 Å². The van der Waals surface area contributed by atoms with Crippen molar-refractivity contribution < 1.29 is 13.2 Å². The summed E-state index contributed by atoms with van der Waals surface area (Å²) in [6, 6.07) is 4.52. The molecule has 0 unspecified atom stereocenters. The molecule has 0 fully saturated rings. The molecule has 1 N–H and O–H groups in total. The number of hydrogen-bond acceptors (Lipinski definition) is 5. The molecule has 3 aromatic rings. The summed E-state index contributed by atoms with van der Waals surface area (Å²) in [5.41, 5.74) is 0.839. The van der Waals surface area contributed by atoms with Gasteiger partial charge in [0.05, 0.1) is 12.7 Å². The number of alkyl halides is 3. The summed E-state index contributed by atoms with van der Waals surface area (Å²) in [7, 11) is 0. The van der Waals surface area contributed by atoms with Crippen LogP contribution in [0.1, 0.15) is 42.7 Å². The van der Waals surface area contributed by atoms with Gasteiger partial charge in [0.1, 0.15) is 17.3 Å². The summed E-state index contributed by atoms with van der Waals surface area (Å²) in [4.78, 5) is 12.2. The molecule has 3 rings (SSSR count). The first-order valence-corrected chi connectivity index (χ1v) is 7.74. The highest BCUT2D eigenvalue weighted by Gasteiger charge is 2.33. The van der Waals surface area contributed by atoms with Crippen LogP contribution >= 0.6 is 0 Å². The van der Waals surface area contributed by atoms with E-state index in [2.05, 4.69) is 25.4 Å². The fourth-order valence-corrected chi connectivity index (χ4v) is 2.38. The Kier molecular flexibility index (Phi) is 4.32. The molecule has 0 bridgehead atoms. The average Bonchev–Trinajstić information content (AvgIpc) is 2.99. The number of aromatic nitrogens is 5. The Morgan fingerprint density at radius 2 is 1.92 bits per heavy atom. The summed E-state index contributed by atoms with van der Waals surface area (Å²) < 4.78 is 40.2. The van der Waals surface area contributed by atoms with Crippen LogP contribution in [0.25, 0.3) is 5.65 Å². The minimum atomic E-state index is -4.50. The van der Waals surface area contributed by atoms with E-state index in [-0.39, 0.29) is 24.0 Å². The largest absolute Gasteiger partial charge is 0.433 e. The number of halogens is 3. The quantitative estimate of drug-likeness (QED) is 0.779. The molecular formula is C16H17F3N6. The predicted octanol–water partition coefficient (Wildman–Crippen LogP) is 3.58. The van der Waals surface area contributed by atoms with Crippen LogP contribution in [-0.2, 0) is 12.7 Å². The number of rotatable bonds is 4. The Morgan fingerprint density at radius 3 is 2.60 bits per heavy atom. The first kappa shape index (κ1) is 17.1. The van der Waals surface area contributed by atoms with Crippen molar-refractivity contribution >= 4 is 11.5 Å². The predicted molar refractivity (Wildman–Crippen MR) is 86.2 cm³/mol. The first-order valence-electron chi connectivity index (χ1n) is 7.74. The minimum Gasteiger partial charge on any atom is -0.363 e. The number of anilines is 1. The molecule has 0 amide bonds. The standard InChI is InChI=1S/C16H17F3N6/c1-9(2)11-7-15(25-14(23-11)4-5-21-25)20-8-13-22-10(3)6-12(24-13)16(17,18)19/h4-7,9,20H,8H2,1-3H3. The van der Waals surface area contributed by atoms with Crippen molar-refractivity contribution in [3.05, 3.63) is 47.3 Å². The Hall–Kier alpha value is -2.71. The zero-order valence-corrected chi connectivity index (χ0v) is 14.0. The molecule has 6 nitrogen and oxygen atoms in total. The molecule has 0 aliphatic rings. The van der Waals surface area contributed by atoms with Crippen molar-refractivity contribution in [2.24, 2.45) is 0 Å². The van der Waals surface area contributed by atoms with Crippen LogP contribution in [0.4, 0.5) is 19.0 Å². The van der Waals surface area contributed by atoms with Crippen molar-refractivity contribution in [2.75, 3.05) is 5.32 Å². The van der Waals surface area contributed by atoms with Crippen molar-refractivity contribution in [2.45, 2.75) is 39.4 Å². The molecule has 0 aromatic carbocycles. The summed E-state index contributed by atoms with van der Waals surface area (Å²) in [5.74, 6) is 0.889. The molecular weight excluding hydrogens is 333 g/mol. The highest BCUT2D eigenvalue weighted by atomic mass is 19.4. The van der Waals surface area contributed by atoms with E-state index in [1.807, 2.05) is 19.9 Å². The van der Waals surface area contributed by atoms with Crippen LogP contribution in [-0.4, -0.2) is 24.6 Å². The van der Waals surface area contributed by atoms with Gasteiger partial charge in [-0.25, -0.2) is 15.0 Å². The molecule has 0 saturated carbocycles. The number of nitrogens with zero attached hydrogens (tertiary/aromatic N) is 5. The zero-order valence-electron chi connectivity index (χ0n) is 14.0. The average molecular weight is 350 g/mol. The monoisotopic (exact) mass is 350 g/mol. The summed E-state index contributed by atoms with van der Waals surface area (Å²) in [5, 5.41) is 7.24. The van der Waals surface area contributed by atoms with Gasteiger partial charge in [0, 0.05) is 23.5 Å². The van der Waals surface area contributed by atoms with E-state index in [0.29, 0.717) is 11.5 Å². The van der Waals surface area contributed by atoms with Crippen LogP contribution in [0.15, 0.2) is 24.4 Å². The van der Waals surface area contributed by atoms with Gasteiger partial charge in [-0.15, -0.1) is 0 Å². The molecule has 132 valence electrons. The van der Waals surface area contributed by atoms with E-state index in [4.69, 9.17) is 0 Å². The molecule has 0 spiro atoms. The fraction of sp³-hybridized carbons (Fsp3) is 0.375. The van der Waals surface area contributed by atoms with E-state index < -0.39 is 11.9 Å². The summed E-state index contributed by atoms with van der Waals surface area (Å²) in [6.45, 7) is 5.58. The van der Waals surface area contributed by atoms with Crippen molar-refractivity contribution in [1.82, 2.24) is 24.6 Å². The maximum atomic E-state index is 12.9. The van der Waals surface area contributed by atoms with Crippen LogP contribution in [0.2, 0.25) is 0 Å². The van der Waals surface area contributed by atoms with Crippen LogP contribution < -0.4 is 5.32 Å². The molecule has 25 heavy (non-hydrogen) atoms. The fourth-order valence-electron chi connectivity index (χ4n) is 2.38. The molecule has 0 saturated heterocycles. The van der Waals surface area contributed by atoms with Gasteiger partial charge >= 0.3 is 6.18 Å². The molecule has 0 aliphatic heterocycles. The first-order chi connectivity index (χ1) is 11.7. The van der Waals surface area contributed by atoms with Crippen molar-refractivity contribution in [1.29, 1.82) is 0 Å². The molecule has 9 heteroatoms. The maximum Gasteiger partial charge on any atom is 0.433 e. The summed E-state index contributed by atoms with van der Waals surface area (Å²) >= 11 is 0. The number of nitrogens with one attached hydrogen (secondary N) is 1. The number of aryl methyl sites for hydroxylation is 1. The molecule has 3 heterocycles. The lowest BCUT2D eigenvalue weighted by atomic mass is 10.1. The number of fused-ring (bicyclic) bond motifs is 1. The molecule has 0 radical (unpaired) electrons. The van der Waals surface area contributed by atoms with E-state index in [1.165, 1.54) is 6.92 Å². The Bertz CT molecular complexity index is 901. The Morgan fingerprint density at radius 1 is 1.16 bits per heavy atom. The lowest BCUT2D eigenvalue weighted by Gasteiger charge is -2.13. The third-order valence-electron chi connectivity index (χ3n) is 3.59. The van der Waals surface area contributed by atoms with Crippen molar-refractivity contribution in [3.63, 3.8) is 0 Å². The molecule has 0 atom stereocenters. The lowest BCUT2D eigenvalue weighted by Crippen LogP contribution is -2.15. The second-order valence-electron chi connectivity index (χ2n) is 5.98. The van der Waals surface area contributed by atoms with Gasteiger partial charge in [0.15, 0.2) is 5.65 Å². The third-order valence-corrected chi connectivity index (χ3v) is 3.59. The number of hydrogen-bond donors (Lipinski definition) is 1. The Labute approximate surface area is 142 Å². The van der Waals surface area contributed by atoms with E-state index in [9.17, 15) is 13.2 Å². The zero-order chi connectivity index (χ0) is 18.2. The second-order valence-corrected chi connectivity index (χ2v) is 5.98. The SMILES string of the molecule is Cc1cc(C(F)(F)F)nc(CNc2cc(C(C)C)nc3ccnn23)n1. The topological polar surface area (TPSA) is 68.0 Å². The smallest absolute Gasteiger partial charge is 0.363 e. The molecule has 3 aromatic heterocycles. The maximum absolute atomic E-state index is 12.9. The minimum absolute atomic E-state index is 0.0429. The van der Waals surface area contributed by atoms with E-state index in [0.717, 1.165) is 11.8 Å². The van der Waals surface area contributed by atoms with Crippen LogP contribution in [0.5, 0.6) is 0 Å². The van der Waals surface area contributed by atoms with Gasteiger partial charge in [0.2, 0.25) is 0 Å². The van der Waals surface area contributed by atoms with Crippen LogP contribution in [0.3, 0.4) is 0 Å².